The van der Waals surface area contributed by atoms with Gasteiger partial charge in [-0.2, -0.15) is 4.98 Å². The molecule has 0 saturated carbocycles. The summed E-state index contributed by atoms with van der Waals surface area (Å²) >= 11 is 6.22. The van der Waals surface area contributed by atoms with Gasteiger partial charge in [0.25, 0.3) is 0 Å². The maximum Gasteiger partial charge on any atom is 0.235 e. The van der Waals surface area contributed by atoms with E-state index in [0.29, 0.717) is 12.4 Å². The molecule has 0 aliphatic heterocycles. The molecule has 2 N–H and O–H groups in total. The minimum absolute atomic E-state index is 0.0865. The second-order valence-electron chi connectivity index (χ2n) is 5.30. The number of anilines is 1. The van der Waals surface area contributed by atoms with Crippen LogP contribution < -0.4 is 4.90 Å². The van der Waals surface area contributed by atoms with Crippen LogP contribution in [-0.2, 0) is 5.75 Å². The predicted octanol–water partition coefficient (Wildman–Crippen LogP) is 3.52. The molecule has 2 aromatic rings. The summed E-state index contributed by atoms with van der Waals surface area (Å²) < 4.78 is 27.0. The fourth-order valence-corrected chi connectivity index (χ4v) is 3.26. The molecule has 0 aliphatic carbocycles. The highest BCUT2D eigenvalue weighted by Crippen LogP contribution is 2.33. The Morgan fingerprint density at radius 3 is 2.68 bits per heavy atom. The summed E-state index contributed by atoms with van der Waals surface area (Å²) in [6.45, 7) is 4.08. The van der Waals surface area contributed by atoms with Crippen molar-refractivity contribution < 1.29 is 19.0 Å². The third-order valence-electron chi connectivity index (χ3n) is 3.61. The first-order valence-corrected chi connectivity index (χ1v) is 8.99. The molecule has 0 aliphatic rings. The summed E-state index contributed by atoms with van der Waals surface area (Å²) in [6, 6.07) is 3.69. The summed E-state index contributed by atoms with van der Waals surface area (Å²) in [5.41, 5.74) is 0.174. The lowest BCUT2D eigenvalue weighted by molar-refractivity contribution is 0.266. The summed E-state index contributed by atoms with van der Waals surface area (Å²) in [4.78, 5) is 10.1. The number of aromatic hydroxyl groups is 1. The Balaban J connectivity index is 2.29. The lowest BCUT2D eigenvalue weighted by atomic mass is 10.2. The molecule has 0 spiro atoms. The van der Waals surface area contributed by atoms with Crippen molar-refractivity contribution in [2.75, 3.05) is 18.1 Å². The molecule has 0 amide bonds. The van der Waals surface area contributed by atoms with Crippen molar-refractivity contribution in [1.82, 2.24) is 9.97 Å². The molecule has 135 valence electrons. The van der Waals surface area contributed by atoms with Gasteiger partial charge in [-0.15, -0.1) is 0 Å². The molecule has 9 heteroatoms. The zero-order valence-corrected chi connectivity index (χ0v) is 15.4. The molecule has 1 radical (unpaired) electrons. The zero-order valence-electron chi connectivity index (χ0n) is 13.7. The number of aromatic nitrogens is 2. The van der Waals surface area contributed by atoms with Gasteiger partial charge in [0.2, 0.25) is 5.88 Å². The number of halogens is 2. The Hall–Kier alpha value is -1.71. The van der Waals surface area contributed by atoms with E-state index in [9.17, 15) is 19.0 Å². The van der Waals surface area contributed by atoms with E-state index in [4.69, 9.17) is 12.6 Å². The van der Waals surface area contributed by atoms with Gasteiger partial charge in [-0.1, -0.05) is 36.5 Å². The average Bonchev–Trinajstić information content (AvgIpc) is 2.60. The van der Waals surface area contributed by atoms with Crippen molar-refractivity contribution in [3.8, 4) is 5.88 Å². The quantitative estimate of drug-likeness (QED) is 0.561. The van der Waals surface area contributed by atoms with E-state index in [0.717, 1.165) is 17.8 Å². The van der Waals surface area contributed by atoms with Gasteiger partial charge in [0.15, 0.2) is 22.6 Å². The van der Waals surface area contributed by atoms with Gasteiger partial charge >= 0.3 is 0 Å². The fraction of sp³-hybridized carbons (Fsp3) is 0.375. The Kier molecular flexibility index (Phi) is 6.74. The van der Waals surface area contributed by atoms with Crippen LogP contribution in [0.1, 0.15) is 19.4 Å². The van der Waals surface area contributed by atoms with Crippen molar-refractivity contribution in [3.63, 3.8) is 0 Å². The van der Waals surface area contributed by atoms with Crippen molar-refractivity contribution >= 4 is 30.2 Å². The smallest absolute Gasteiger partial charge is 0.235 e. The first-order valence-electron chi connectivity index (χ1n) is 7.60. The lowest BCUT2D eigenvalue weighted by Gasteiger charge is -2.28. The first kappa shape index (κ1) is 19.6. The second-order valence-corrected chi connectivity index (χ2v) is 6.65. The second kappa shape index (κ2) is 8.59. The SMILES string of the molecule is CCN(c1nc(SCc2cccc(F)c2F)nc(O)c1[S])[C@H](C)CO. The molecule has 0 bridgehead atoms. The standard InChI is InChI=1S/C16H18F2N3O2S2/c1-3-21(9(2)7-22)14-13(24)15(23)20-16(19-14)25-8-10-5-4-6-11(17)12(10)18/h4-6,9,22H,3,7-8H2,1-2H3,(H,19,20,23)/t9-/m1/s1. The molecule has 2 rings (SSSR count). The topological polar surface area (TPSA) is 69.5 Å². The number of aliphatic hydroxyl groups is 1. The Morgan fingerprint density at radius 2 is 2.04 bits per heavy atom. The highest BCUT2D eigenvalue weighted by atomic mass is 32.2. The lowest BCUT2D eigenvalue weighted by Crippen LogP contribution is -2.36. The Bertz CT molecular complexity index is 750. The third-order valence-corrected chi connectivity index (χ3v) is 4.87. The van der Waals surface area contributed by atoms with Crippen LogP contribution in [-0.4, -0.2) is 39.4 Å². The molecular formula is C16H18F2N3O2S2. The van der Waals surface area contributed by atoms with Gasteiger partial charge in [-0.3, -0.25) is 0 Å². The van der Waals surface area contributed by atoms with Crippen LogP contribution in [0.3, 0.4) is 0 Å². The molecule has 1 aromatic heterocycles. The third kappa shape index (κ3) is 4.47. The van der Waals surface area contributed by atoms with E-state index in [1.807, 2.05) is 6.92 Å². The molecule has 1 aromatic carbocycles. The van der Waals surface area contributed by atoms with E-state index in [-0.39, 0.29) is 39.9 Å². The maximum absolute atomic E-state index is 13.7. The van der Waals surface area contributed by atoms with E-state index in [1.165, 1.54) is 12.1 Å². The van der Waals surface area contributed by atoms with Gasteiger partial charge in [-0.05, 0) is 19.9 Å². The number of benzene rings is 1. The van der Waals surface area contributed by atoms with Crippen LogP contribution in [0.4, 0.5) is 14.6 Å². The van der Waals surface area contributed by atoms with Crippen molar-refractivity contribution in [2.45, 2.75) is 35.7 Å². The van der Waals surface area contributed by atoms with Crippen molar-refractivity contribution in [3.05, 3.63) is 35.4 Å². The van der Waals surface area contributed by atoms with Crippen LogP contribution in [0.5, 0.6) is 5.88 Å². The van der Waals surface area contributed by atoms with Crippen LogP contribution >= 0.6 is 24.4 Å². The largest absolute Gasteiger partial charge is 0.492 e. The Morgan fingerprint density at radius 1 is 1.32 bits per heavy atom. The van der Waals surface area contributed by atoms with Crippen LogP contribution in [0.15, 0.2) is 28.3 Å². The normalized spacial score (nSPS) is 12.2. The van der Waals surface area contributed by atoms with Gasteiger partial charge in [-0.25, -0.2) is 13.8 Å². The van der Waals surface area contributed by atoms with E-state index in [1.54, 1.807) is 11.8 Å². The predicted molar refractivity (Wildman–Crippen MR) is 95.0 cm³/mol. The molecule has 0 fully saturated rings. The summed E-state index contributed by atoms with van der Waals surface area (Å²) in [5, 5.41) is 19.5. The molecule has 1 atom stereocenters. The van der Waals surface area contributed by atoms with Gasteiger partial charge in [0, 0.05) is 17.9 Å². The number of rotatable bonds is 7. The number of hydrogen-bond acceptors (Lipinski definition) is 6. The summed E-state index contributed by atoms with van der Waals surface area (Å²) in [5.74, 6) is -1.76. The number of hydrogen-bond donors (Lipinski definition) is 2. The van der Waals surface area contributed by atoms with Crippen molar-refractivity contribution in [2.24, 2.45) is 0 Å². The molecule has 0 saturated heterocycles. The van der Waals surface area contributed by atoms with Crippen LogP contribution in [0.25, 0.3) is 0 Å². The maximum atomic E-state index is 13.7. The number of aliphatic hydroxyl groups excluding tert-OH is 1. The number of likely N-dealkylation sites (N-methyl/N-ethyl adjacent to an activating group) is 1. The zero-order chi connectivity index (χ0) is 18.6. The van der Waals surface area contributed by atoms with E-state index in [2.05, 4.69) is 9.97 Å². The molecule has 25 heavy (non-hydrogen) atoms. The highest BCUT2D eigenvalue weighted by Gasteiger charge is 2.21. The summed E-state index contributed by atoms with van der Waals surface area (Å²) in [7, 11) is 0. The van der Waals surface area contributed by atoms with Crippen LogP contribution in [0.2, 0.25) is 0 Å². The molecule has 0 unspecified atom stereocenters. The minimum Gasteiger partial charge on any atom is -0.492 e. The van der Waals surface area contributed by atoms with Crippen molar-refractivity contribution in [1.29, 1.82) is 0 Å². The molecule has 1 heterocycles. The molecular weight excluding hydrogens is 368 g/mol. The van der Waals surface area contributed by atoms with Gasteiger partial charge in [0.1, 0.15) is 4.90 Å². The monoisotopic (exact) mass is 386 g/mol. The highest BCUT2D eigenvalue weighted by molar-refractivity contribution is 7.98. The van der Waals surface area contributed by atoms with Crippen LogP contribution in [0, 0.1) is 11.6 Å². The number of thioether (sulfide) groups is 1. The number of nitrogens with zero attached hydrogens (tertiary/aromatic N) is 3. The van der Waals surface area contributed by atoms with Gasteiger partial charge < -0.3 is 15.1 Å². The molecule has 5 nitrogen and oxygen atoms in total. The summed E-state index contributed by atoms with van der Waals surface area (Å²) in [6.07, 6.45) is 0. The van der Waals surface area contributed by atoms with Gasteiger partial charge in [0.05, 0.1) is 12.6 Å². The fourth-order valence-electron chi connectivity index (χ4n) is 2.24. The first-order chi connectivity index (χ1) is 11.9. The Labute approximate surface area is 154 Å². The minimum atomic E-state index is -0.919. The van der Waals surface area contributed by atoms with E-state index < -0.39 is 11.6 Å². The average molecular weight is 386 g/mol. The van der Waals surface area contributed by atoms with E-state index >= 15 is 0 Å².